The zero-order valence-electron chi connectivity index (χ0n) is 25.6. The van der Waals surface area contributed by atoms with Gasteiger partial charge in [0.2, 0.25) is 17.6 Å². The lowest BCUT2D eigenvalue weighted by atomic mass is 9.56. The summed E-state index contributed by atoms with van der Waals surface area (Å²) in [7, 11) is 1.19. The van der Waals surface area contributed by atoms with Gasteiger partial charge in [-0.15, -0.1) is 23.2 Å². The van der Waals surface area contributed by atoms with Crippen molar-refractivity contribution in [2.45, 2.75) is 28.5 Å². The SMILES string of the molecule is COc1cc(C2C3=CCC4C(=O)N(c5cccc([N+](=O)[O-])c5)C(=O)C4C3CC3(Cl)C(=O)N(c4c(F)c(F)c(F)c(F)c4F)C(=O)C23Cl)ccc1O. The number of non-ortho nitro benzene ring substituents is 1. The van der Waals surface area contributed by atoms with Gasteiger partial charge in [-0.1, -0.05) is 23.8 Å². The molecule has 1 saturated carbocycles. The van der Waals surface area contributed by atoms with Gasteiger partial charge >= 0.3 is 0 Å². The molecule has 18 heteroatoms. The van der Waals surface area contributed by atoms with Gasteiger partial charge in [0, 0.05) is 18.1 Å². The molecule has 51 heavy (non-hydrogen) atoms. The molecule has 3 aromatic rings. The van der Waals surface area contributed by atoms with Gasteiger partial charge in [-0.2, -0.15) is 0 Å². The molecular weight excluding hydrogens is 732 g/mol. The maximum atomic E-state index is 15.2. The third-order valence-electron chi connectivity index (χ3n) is 10.1. The summed E-state index contributed by atoms with van der Waals surface area (Å²) in [5.74, 6) is -23.2. The summed E-state index contributed by atoms with van der Waals surface area (Å²) < 4.78 is 78.4. The first-order valence-corrected chi connectivity index (χ1v) is 15.7. The van der Waals surface area contributed by atoms with E-state index in [1.54, 1.807) is 0 Å². The van der Waals surface area contributed by atoms with Crippen LogP contribution < -0.4 is 14.5 Å². The Morgan fingerprint density at radius 2 is 1.53 bits per heavy atom. The summed E-state index contributed by atoms with van der Waals surface area (Å²) in [6.45, 7) is 0. The van der Waals surface area contributed by atoms with Crippen molar-refractivity contribution in [2.24, 2.45) is 17.8 Å². The molecule has 0 bridgehead atoms. The lowest BCUT2D eigenvalue weighted by molar-refractivity contribution is -0.384. The van der Waals surface area contributed by atoms with Crippen LogP contribution in [0.3, 0.4) is 0 Å². The zero-order chi connectivity index (χ0) is 37.1. The number of ether oxygens (including phenoxy) is 1. The van der Waals surface area contributed by atoms with Crippen molar-refractivity contribution in [2.75, 3.05) is 16.9 Å². The average molecular weight is 752 g/mol. The summed E-state index contributed by atoms with van der Waals surface area (Å²) in [4.78, 5) is 62.2. The first-order chi connectivity index (χ1) is 24.0. The second-order valence-corrected chi connectivity index (χ2v) is 13.7. The highest BCUT2D eigenvalue weighted by molar-refractivity contribution is 6.58. The number of carbonyl (C=O) groups excluding carboxylic acids is 4. The molecule has 4 aliphatic rings. The Balaban J connectivity index is 1.43. The van der Waals surface area contributed by atoms with E-state index in [1.165, 1.54) is 37.5 Å². The zero-order valence-corrected chi connectivity index (χ0v) is 27.1. The van der Waals surface area contributed by atoms with Crippen LogP contribution in [0.5, 0.6) is 11.5 Å². The molecule has 3 aromatic carbocycles. The third kappa shape index (κ3) is 4.41. The number of halogens is 7. The van der Waals surface area contributed by atoms with Crippen LogP contribution in [0.15, 0.2) is 54.1 Å². The molecule has 0 aromatic heterocycles. The molecule has 11 nitrogen and oxygen atoms in total. The fraction of sp³-hybridized carbons (Fsp3) is 0.273. The number of alkyl halides is 2. The number of benzene rings is 3. The number of nitro benzene ring substituents is 1. The van der Waals surface area contributed by atoms with Gasteiger partial charge in [0.25, 0.3) is 17.5 Å². The number of phenolic OH excluding ortho intramolecular Hbond substituents is 1. The van der Waals surface area contributed by atoms with Crippen molar-refractivity contribution in [1.29, 1.82) is 0 Å². The Labute approximate surface area is 292 Å². The fourth-order valence-corrected chi connectivity index (χ4v) is 8.75. The van der Waals surface area contributed by atoms with E-state index in [0.29, 0.717) is 0 Å². The second-order valence-electron chi connectivity index (χ2n) is 12.4. The molecule has 264 valence electrons. The minimum atomic E-state index is -2.77. The summed E-state index contributed by atoms with van der Waals surface area (Å²) in [5.41, 5.74) is -2.28. The summed E-state index contributed by atoms with van der Waals surface area (Å²) in [5, 5.41) is 21.8. The van der Waals surface area contributed by atoms with E-state index in [0.717, 1.165) is 23.1 Å². The quantitative estimate of drug-likeness (QED) is 0.0505. The molecule has 4 amide bonds. The number of allylic oxidation sites excluding steroid dienone is 2. The van der Waals surface area contributed by atoms with Gasteiger partial charge < -0.3 is 9.84 Å². The summed E-state index contributed by atoms with van der Waals surface area (Å²) in [6, 6.07) is 8.34. The molecule has 2 saturated heterocycles. The molecule has 2 aliphatic carbocycles. The van der Waals surface area contributed by atoms with Crippen molar-refractivity contribution in [1.82, 2.24) is 0 Å². The highest BCUT2D eigenvalue weighted by Gasteiger charge is 2.77. The van der Waals surface area contributed by atoms with E-state index >= 15 is 8.78 Å². The number of aromatic hydroxyl groups is 1. The summed E-state index contributed by atoms with van der Waals surface area (Å²) >= 11 is 14.2. The monoisotopic (exact) mass is 751 g/mol. The first-order valence-electron chi connectivity index (χ1n) is 15.0. The lowest BCUT2D eigenvalue weighted by Gasteiger charge is -2.50. The van der Waals surface area contributed by atoms with Crippen molar-refractivity contribution >= 4 is 63.9 Å². The van der Waals surface area contributed by atoms with Crippen LogP contribution in [-0.2, 0) is 19.2 Å². The van der Waals surface area contributed by atoms with E-state index in [1.807, 2.05) is 0 Å². The van der Waals surface area contributed by atoms with Crippen LogP contribution >= 0.6 is 23.2 Å². The van der Waals surface area contributed by atoms with Crippen LogP contribution in [0.2, 0.25) is 0 Å². The van der Waals surface area contributed by atoms with Crippen molar-refractivity contribution < 1.29 is 55.9 Å². The summed E-state index contributed by atoms with van der Waals surface area (Å²) in [6.07, 6.45) is 0.594. The van der Waals surface area contributed by atoms with Crippen molar-refractivity contribution in [3.8, 4) is 11.5 Å². The van der Waals surface area contributed by atoms with Crippen LogP contribution in [0.4, 0.5) is 39.0 Å². The lowest BCUT2D eigenvalue weighted by Crippen LogP contribution is -2.60. The predicted molar refractivity (Wildman–Crippen MR) is 167 cm³/mol. The topological polar surface area (TPSA) is 147 Å². The molecule has 2 aliphatic heterocycles. The standard InChI is InChI=1S/C33H20Cl2F5N3O8/c1-51-19-9-12(5-8-18(19)44)21-15-6-7-16-20(29(46)41(28(16)45)13-3-2-4-14(10-13)43(49)50)17(15)11-32(34)30(47)42(31(48)33(21,32)35)27-25(39)23(37)22(36)24(38)26(27)40/h2-6,8-10,16-17,20-21,44H,7,11H2,1H3. The van der Waals surface area contributed by atoms with Gasteiger partial charge in [-0.3, -0.25) is 29.3 Å². The number of phenols is 1. The van der Waals surface area contributed by atoms with Crippen molar-refractivity contribution in [3.63, 3.8) is 0 Å². The average Bonchev–Trinajstić information content (AvgIpc) is 3.45. The highest BCUT2D eigenvalue weighted by atomic mass is 35.5. The van der Waals surface area contributed by atoms with E-state index < -0.39 is 109 Å². The van der Waals surface area contributed by atoms with E-state index in [9.17, 15) is 47.6 Å². The number of anilines is 2. The Hall–Kier alpha value is -5.09. The first kappa shape index (κ1) is 34.4. The third-order valence-corrected chi connectivity index (χ3v) is 11.5. The maximum absolute atomic E-state index is 15.2. The van der Waals surface area contributed by atoms with E-state index in [-0.39, 0.29) is 39.6 Å². The van der Waals surface area contributed by atoms with Crippen LogP contribution in [0.1, 0.15) is 24.3 Å². The van der Waals surface area contributed by atoms with E-state index in [2.05, 4.69) is 0 Å². The number of methoxy groups -OCH3 is 1. The van der Waals surface area contributed by atoms with Gasteiger partial charge in [0.1, 0.15) is 5.69 Å². The molecule has 2 heterocycles. The number of fused-ring (bicyclic) bond motifs is 4. The predicted octanol–water partition coefficient (Wildman–Crippen LogP) is 5.77. The van der Waals surface area contributed by atoms with Gasteiger partial charge in [0.05, 0.1) is 29.6 Å². The number of imide groups is 2. The number of carbonyl (C=O) groups is 4. The van der Waals surface area contributed by atoms with Gasteiger partial charge in [0.15, 0.2) is 44.5 Å². The molecular formula is C33H20Cl2F5N3O8. The van der Waals surface area contributed by atoms with Crippen molar-refractivity contribution in [3.05, 3.63) is 98.9 Å². The van der Waals surface area contributed by atoms with Gasteiger partial charge in [-0.05, 0) is 42.5 Å². The highest BCUT2D eigenvalue weighted by Crippen LogP contribution is 2.66. The molecule has 0 spiro atoms. The molecule has 3 fully saturated rings. The molecule has 6 atom stereocenters. The van der Waals surface area contributed by atoms with Crippen LogP contribution in [0, 0.1) is 57.0 Å². The Bertz CT molecular complexity index is 2160. The normalized spacial score (nSPS) is 28.4. The Kier molecular flexibility index (Phi) is 7.72. The second kappa shape index (κ2) is 11.5. The van der Waals surface area contributed by atoms with Gasteiger partial charge in [-0.25, -0.2) is 31.8 Å². The number of hydrogen-bond donors (Lipinski definition) is 1. The Morgan fingerprint density at radius 1 is 0.882 bits per heavy atom. The molecule has 7 rings (SSSR count). The minimum Gasteiger partial charge on any atom is -0.504 e. The Morgan fingerprint density at radius 3 is 2.16 bits per heavy atom. The smallest absolute Gasteiger partial charge is 0.271 e. The fourth-order valence-electron chi connectivity index (χ4n) is 7.81. The number of nitrogens with zero attached hydrogens (tertiary/aromatic N) is 3. The molecule has 0 radical (unpaired) electrons. The number of hydrogen-bond acceptors (Lipinski definition) is 8. The van der Waals surface area contributed by atoms with E-state index in [4.69, 9.17) is 27.9 Å². The molecule has 6 unspecified atom stereocenters. The van der Waals surface area contributed by atoms with Crippen LogP contribution in [-0.4, -0.2) is 50.5 Å². The number of amides is 4. The van der Waals surface area contributed by atoms with Crippen LogP contribution in [0.25, 0.3) is 0 Å². The number of nitro groups is 1. The maximum Gasteiger partial charge on any atom is 0.271 e. The molecule has 1 N–H and O–H groups in total. The number of rotatable bonds is 5. The largest absolute Gasteiger partial charge is 0.504 e. The minimum absolute atomic E-state index is 0.0202.